The van der Waals surface area contributed by atoms with E-state index in [0.717, 1.165) is 14.3 Å². The molecule has 220 valence electrons. The van der Waals surface area contributed by atoms with Crippen molar-refractivity contribution in [3.8, 4) is 0 Å². The molecule has 0 spiro atoms. The van der Waals surface area contributed by atoms with Gasteiger partial charge >= 0.3 is 0 Å². The summed E-state index contributed by atoms with van der Waals surface area (Å²) in [6.07, 6.45) is 0.277. The molecule has 3 rings (SSSR count). The van der Waals surface area contributed by atoms with Crippen molar-refractivity contribution in [2.45, 2.75) is 64.1 Å². The van der Waals surface area contributed by atoms with Crippen molar-refractivity contribution < 1.29 is 18.0 Å². The Morgan fingerprint density at radius 2 is 1.51 bits per heavy atom. The summed E-state index contributed by atoms with van der Waals surface area (Å²) in [6, 6.07) is 17.1. The number of nitrogens with zero attached hydrogens (tertiary/aromatic N) is 2. The topological polar surface area (TPSA) is 86.8 Å². The van der Waals surface area contributed by atoms with Crippen LogP contribution in [0.5, 0.6) is 0 Å². The number of anilines is 1. The second-order valence-electron chi connectivity index (χ2n) is 10.7. The fraction of sp³-hybridized carbons (Fsp3) is 0.333. The Kier molecular flexibility index (Phi) is 10.9. The molecular weight excluding hydrogens is 649 g/mol. The summed E-state index contributed by atoms with van der Waals surface area (Å²) in [5, 5.41) is 3.60. The van der Waals surface area contributed by atoms with Gasteiger partial charge in [-0.05, 0) is 82.6 Å². The van der Waals surface area contributed by atoms with Crippen molar-refractivity contribution in [2.24, 2.45) is 0 Å². The number of carbonyl (C=O) groups is 2. The maximum Gasteiger partial charge on any atom is 0.264 e. The number of hydrogen-bond acceptors (Lipinski definition) is 4. The lowest BCUT2D eigenvalue weighted by atomic mass is 10.1. The highest BCUT2D eigenvalue weighted by Crippen LogP contribution is 2.29. The van der Waals surface area contributed by atoms with Gasteiger partial charge in [0.05, 0.1) is 10.6 Å². The summed E-state index contributed by atoms with van der Waals surface area (Å²) >= 11 is 16.3. The van der Waals surface area contributed by atoms with Crippen LogP contribution in [0.4, 0.5) is 5.69 Å². The van der Waals surface area contributed by atoms with Crippen LogP contribution >= 0.6 is 39.1 Å². The van der Waals surface area contributed by atoms with E-state index in [-0.39, 0.29) is 23.8 Å². The number of carbonyl (C=O) groups excluding carboxylic acids is 2. The van der Waals surface area contributed by atoms with E-state index in [1.165, 1.54) is 17.0 Å². The number of halogens is 3. The normalized spacial score (nSPS) is 12.5. The largest absolute Gasteiger partial charge is 0.350 e. The zero-order chi connectivity index (χ0) is 30.5. The maximum absolute atomic E-state index is 14.2. The average molecular weight is 683 g/mol. The molecule has 0 unspecified atom stereocenters. The standard InChI is InChI=1S/C30H34BrCl2N3O4S/c1-6-27(29(38)34-30(3,4)5)35(18-24-25(32)8-7-9-26(24)33)28(37)19-36(22-14-12-21(31)13-15-22)41(39,40)23-16-10-20(2)11-17-23/h7-17,27H,6,18-19H2,1-5H3,(H,34,38)/t27-/m1/s1. The summed E-state index contributed by atoms with van der Waals surface area (Å²) in [5.74, 6) is -0.955. The predicted octanol–water partition coefficient (Wildman–Crippen LogP) is 6.98. The van der Waals surface area contributed by atoms with Crippen LogP contribution < -0.4 is 9.62 Å². The van der Waals surface area contributed by atoms with Crippen LogP contribution in [0.1, 0.15) is 45.2 Å². The Morgan fingerprint density at radius 3 is 2.02 bits per heavy atom. The molecule has 1 N–H and O–H groups in total. The molecule has 3 aromatic carbocycles. The molecule has 0 fully saturated rings. The molecule has 3 aromatic rings. The van der Waals surface area contributed by atoms with Crippen LogP contribution in [0, 0.1) is 6.92 Å². The van der Waals surface area contributed by atoms with Gasteiger partial charge in [-0.2, -0.15) is 0 Å². The van der Waals surface area contributed by atoms with Gasteiger partial charge in [0, 0.05) is 32.2 Å². The number of amides is 2. The van der Waals surface area contributed by atoms with Gasteiger partial charge in [0.15, 0.2) is 0 Å². The zero-order valence-corrected chi connectivity index (χ0v) is 27.5. The van der Waals surface area contributed by atoms with Crippen LogP contribution in [-0.4, -0.2) is 43.3 Å². The predicted molar refractivity (Wildman–Crippen MR) is 169 cm³/mol. The van der Waals surface area contributed by atoms with Crippen molar-refractivity contribution in [3.05, 3.63) is 92.4 Å². The minimum atomic E-state index is -4.17. The Balaban J connectivity index is 2.11. The third-order valence-corrected chi connectivity index (χ3v) is 9.30. The van der Waals surface area contributed by atoms with E-state index in [4.69, 9.17) is 23.2 Å². The molecule has 0 radical (unpaired) electrons. The van der Waals surface area contributed by atoms with Crippen LogP contribution in [-0.2, 0) is 26.2 Å². The third kappa shape index (κ3) is 8.47. The molecule has 0 aromatic heterocycles. The highest BCUT2D eigenvalue weighted by atomic mass is 79.9. The van der Waals surface area contributed by atoms with Gasteiger partial charge < -0.3 is 10.2 Å². The molecular formula is C30H34BrCl2N3O4S. The molecule has 0 aliphatic heterocycles. The van der Waals surface area contributed by atoms with Gasteiger partial charge in [-0.1, -0.05) is 69.8 Å². The van der Waals surface area contributed by atoms with Crippen molar-refractivity contribution in [2.75, 3.05) is 10.8 Å². The van der Waals surface area contributed by atoms with Gasteiger partial charge in [-0.25, -0.2) is 8.42 Å². The quantitative estimate of drug-likeness (QED) is 0.250. The molecule has 0 aliphatic rings. The first-order valence-electron chi connectivity index (χ1n) is 13.0. The molecule has 41 heavy (non-hydrogen) atoms. The van der Waals surface area contributed by atoms with Crippen molar-refractivity contribution in [1.29, 1.82) is 0 Å². The lowest BCUT2D eigenvalue weighted by Gasteiger charge is -2.35. The smallest absolute Gasteiger partial charge is 0.264 e. The summed E-state index contributed by atoms with van der Waals surface area (Å²) in [4.78, 5) is 29.0. The first-order valence-corrected chi connectivity index (χ1v) is 16.0. The van der Waals surface area contributed by atoms with Crippen LogP contribution in [0.25, 0.3) is 0 Å². The first-order chi connectivity index (χ1) is 19.1. The average Bonchev–Trinajstić information content (AvgIpc) is 2.88. The first kappa shape index (κ1) is 32.9. The van der Waals surface area contributed by atoms with Crippen molar-refractivity contribution in [3.63, 3.8) is 0 Å². The molecule has 11 heteroatoms. The highest BCUT2D eigenvalue weighted by molar-refractivity contribution is 9.10. The molecule has 0 saturated carbocycles. The number of nitrogens with one attached hydrogen (secondary N) is 1. The summed E-state index contributed by atoms with van der Waals surface area (Å²) < 4.78 is 29.7. The molecule has 0 heterocycles. The lowest BCUT2D eigenvalue weighted by Crippen LogP contribution is -2.55. The number of sulfonamides is 1. The van der Waals surface area contributed by atoms with Crippen LogP contribution in [0.3, 0.4) is 0 Å². The maximum atomic E-state index is 14.2. The fourth-order valence-electron chi connectivity index (χ4n) is 4.20. The van der Waals surface area contributed by atoms with Crippen molar-refractivity contribution >= 4 is 66.7 Å². The Hall–Kier alpha value is -2.59. The third-order valence-electron chi connectivity index (χ3n) is 6.28. The van der Waals surface area contributed by atoms with Crippen LogP contribution in [0.2, 0.25) is 10.0 Å². The minimum Gasteiger partial charge on any atom is -0.350 e. The Morgan fingerprint density at radius 1 is 0.951 bits per heavy atom. The molecule has 7 nitrogen and oxygen atoms in total. The van der Waals surface area contributed by atoms with Gasteiger partial charge in [0.25, 0.3) is 10.0 Å². The lowest BCUT2D eigenvalue weighted by molar-refractivity contribution is -0.141. The van der Waals surface area contributed by atoms with E-state index in [1.54, 1.807) is 61.5 Å². The fourth-order valence-corrected chi connectivity index (χ4v) is 6.40. The van der Waals surface area contributed by atoms with Gasteiger partial charge in [-0.15, -0.1) is 0 Å². The highest BCUT2D eigenvalue weighted by Gasteiger charge is 2.35. The zero-order valence-electron chi connectivity index (χ0n) is 23.6. The molecule has 0 bridgehead atoms. The summed E-state index contributed by atoms with van der Waals surface area (Å²) in [5.41, 5.74) is 1.10. The number of aryl methyl sites for hydroxylation is 1. The molecule has 1 atom stereocenters. The van der Waals surface area contributed by atoms with E-state index in [0.29, 0.717) is 21.3 Å². The second kappa shape index (κ2) is 13.6. The van der Waals surface area contributed by atoms with Gasteiger partial charge in [0.1, 0.15) is 12.6 Å². The number of hydrogen-bond donors (Lipinski definition) is 1. The summed E-state index contributed by atoms with van der Waals surface area (Å²) in [7, 11) is -4.17. The van der Waals surface area contributed by atoms with E-state index in [1.807, 2.05) is 27.7 Å². The van der Waals surface area contributed by atoms with E-state index in [9.17, 15) is 18.0 Å². The van der Waals surface area contributed by atoms with Crippen LogP contribution in [0.15, 0.2) is 76.1 Å². The molecule has 0 aliphatic carbocycles. The number of benzene rings is 3. The Bertz CT molecular complexity index is 1470. The van der Waals surface area contributed by atoms with Crippen molar-refractivity contribution in [1.82, 2.24) is 10.2 Å². The van der Waals surface area contributed by atoms with E-state index in [2.05, 4.69) is 21.2 Å². The Labute approximate surface area is 261 Å². The second-order valence-corrected chi connectivity index (χ2v) is 14.3. The SMILES string of the molecule is CC[C@H](C(=O)NC(C)(C)C)N(Cc1c(Cl)cccc1Cl)C(=O)CN(c1ccc(Br)cc1)S(=O)(=O)c1ccc(C)cc1. The summed E-state index contributed by atoms with van der Waals surface area (Å²) in [6.45, 7) is 8.54. The van der Waals surface area contributed by atoms with E-state index >= 15 is 0 Å². The molecule has 0 saturated heterocycles. The number of rotatable bonds is 10. The van der Waals surface area contributed by atoms with Gasteiger partial charge in [-0.3, -0.25) is 13.9 Å². The van der Waals surface area contributed by atoms with Gasteiger partial charge in [0.2, 0.25) is 11.8 Å². The monoisotopic (exact) mass is 681 g/mol. The minimum absolute atomic E-state index is 0.0389. The van der Waals surface area contributed by atoms with E-state index < -0.39 is 34.1 Å². The molecule has 2 amide bonds.